The average molecular weight is 306 g/mol. The van der Waals surface area contributed by atoms with E-state index in [2.05, 4.69) is 17.3 Å². The first-order valence-corrected chi connectivity index (χ1v) is 8.31. The van der Waals surface area contributed by atoms with Gasteiger partial charge in [0.05, 0.1) is 16.8 Å². The van der Waals surface area contributed by atoms with Crippen LogP contribution in [0.5, 0.6) is 0 Å². The molecule has 0 unspecified atom stereocenters. The predicted octanol–water partition coefficient (Wildman–Crippen LogP) is 2.83. The topological polar surface area (TPSA) is 72.9 Å². The number of amides is 1. The predicted molar refractivity (Wildman–Crippen MR) is 86.6 cm³/mol. The maximum atomic E-state index is 12.5. The zero-order chi connectivity index (χ0) is 15.1. The SMILES string of the molecule is Cc1nn(C)c2sc(C(=O)NC3CCC(C)CC3)c(N)c12. The second-order valence-electron chi connectivity index (χ2n) is 6.16. The molecule has 0 aromatic carbocycles. The van der Waals surface area contributed by atoms with Crippen LogP contribution >= 0.6 is 11.3 Å². The molecular formula is C15H22N4OS. The second kappa shape index (κ2) is 5.33. The Morgan fingerprint density at radius 2 is 2.05 bits per heavy atom. The van der Waals surface area contributed by atoms with Crippen molar-refractivity contribution in [3.05, 3.63) is 10.6 Å². The molecule has 0 aliphatic heterocycles. The minimum atomic E-state index is -0.0346. The van der Waals surface area contributed by atoms with E-state index in [0.29, 0.717) is 10.6 Å². The van der Waals surface area contributed by atoms with Crippen LogP contribution < -0.4 is 11.1 Å². The highest BCUT2D eigenvalue weighted by molar-refractivity contribution is 7.21. The van der Waals surface area contributed by atoms with Gasteiger partial charge in [-0.15, -0.1) is 11.3 Å². The van der Waals surface area contributed by atoms with Crippen LogP contribution in [-0.2, 0) is 7.05 Å². The van der Waals surface area contributed by atoms with Crippen LogP contribution in [0.3, 0.4) is 0 Å². The van der Waals surface area contributed by atoms with Gasteiger partial charge in [0.25, 0.3) is 5.91 Å². The standard InChI is InChI=1S/C15H22N4OS/c1-8-4-6-10(7-5-8)17-14(20)13-12(16)11-9(2)18-19(3)15(11)21-13/h8,10H,4-7,16H2,1-3H3,(H,17,20). The van der Waals surface area contributed by atoms with Crippen molar-refractivity contribution in [1.82, 2.24) is 15.1 Å². The number of aromatic nitrogens is 2. The normalized spacial score (nSPS) is 22.6. The highest BCUT2D eigenvalue weighted by Gasteiger charge is 2.24. The highest BCUT2D eigenvalue weighted by atomic mass is 32.1. The van der Waals surface area contributed by atoms with Crippen LogP contribution in [0, 0.1) is 12.8 Å². The lowest BCUT2D eigenvalue weighted by Gasteiger charge is -2.26. The van der Waals surface area contributed by atoms with Gasteiger partial charge in [-0.05, 0) is 38.5 Å². The van der Waals surface area contributed by atoms with E-state index in [1.165, 1.54) is 24.2 Å². The molecule has 3 rings (SSSR count). The third kappa shape index (κ3) is 2.52. The summed E-state index contributed by atoms with van der Waals surface area (Å²) in [6.45, 7) is 4.20. The average Bonchev–Trinajstić information content (AvgIpc) is 2.92. The Labute approximate surface area is 128 Å². The van der Waals surface area contributed by atoms with E-state index >= 15 is 0 Å². The molecule has 1 aliphatic carbocycles. The van der Waals surface area contributed by atoms with Gasteiger partial charge in [-0.25, -0.2) is 0 Å². The number of rotatable bonds is 2. The third-order valence-electron chi connectivity index (χ3n) is 4.44. The van der Waals surface area contributed by atoms with Gasteiger partial charge < -0.3 is 11.1 Å². The van der Waals surface area contributed by atoms with Crippen molar-refractivity contribution in [2.24, 2.45) is 13.0 Å². The lowest BCUT2D eigenvalue weighted by atomic mass is 9.87. The third-order valence-corrected chi connectivity index (χ3v) is 5.71. The Balaban J connectivity index is 1.82. The number of carbonyl (C=O) groups excluding carboxylic acids is 1. The summed E-state index contributed by atoms with van der Waals surface area (Å²) in [5.74, 6) is 0.744. The van der Waals surface area contributed by atoms with Crippen molar-refractivity contribution in [1.29, 1.82) is 0 Å². The largest absolute Gasteiger partial charge is 0.397 e. The van der Waals surface area contributed by atoms with E-state index in [0.717, 1.165) is 34.7 Å². The zero-order valence-electron chi connectivity index (χ0n) is 12.8. The smallest absolute Gasteiger partial charge is 0.263 e. The Kier molecular flexibility index (Phi) is 3.65. The lowest BCUT2D eigenvalue weighted by molar-refractivity contribution is 0.0928. The monoisotopic (exact) mass is 306 g/mol. The summed E-state index contributed by atoms with van der Waals surface area (Å²) in [5.41, 5.74) is 7.63. The first kappa shape index (κ1) is 14.4. The maximum absolute atomic E-state index is 12.5. The molecular weight excluding hydrogens is 284 g/mol. The van der Waals surface area contributed by atoms with Crippen molar-refractivity contribution in [3.63, 3.8) is 0 Å². The van der Waals surface area contributed by atoms with Crippen LogP contribution in [0.25, 0.3) is 10.2 Å². The number of aryl methyl sites for hydroxylation is 2. The fourth-order valence-corrected chi connectivity index (χ4v) is 4.24. The first-order valence-electron chi connectivity index (χ1n) is 7.49. The van der Waals surface area contributed by atoms with Crippen molar-refractivity contribution < 1.29 is 4.79 Å². The first-order chi connectivity index (χ1) is 9.97. The van der Waals surface area contributed by atoms with Crippen molar-refractivity contribution in [3.8, 4) is 0 Å². The number of nitrogen functional groups attached to an aromatic ring is 1. The van der Waals surface area contributed by atoms with Gasteiger partial charge >= 0.3 is 0 Å². The van der Waals surface area contributed by atoms with Gasteiger partial charge in [-0.1, -0.05) is 6.92 Å². The number of nitrogens with two attached hydrogens (primary N) is 1. The summed E-state index contributed by atoms with van der Waals surface area (Å²) in [5, 5.41) is 8.42. The Bertz CT molecular complexity index is 679. The van der Waals surface area contributed by atoms with Gasteiger partial charge in [0.2, 0.25) is 0 Å². The molecule has 3 N–H and O–H groups in total. The van der Waals surface area contributed by atoms with Crippen molar-refractivity contribution in [2.75, 3.05) is 5.73 Å². The Morgan fingerprint density at radius 1 is 1.38 bits per heavy atom. The van der Waals surface area contributed by atoms with Crippen LogP contribution in [0.4, 0.5) is 5.69 Å². The molecule has 21 heavy (non-hydrogen) atoms. The van der Waals surface area contributed by atoms with E-state index in [1.807, 2.05) is 14.0 Å². The molecule has 114 valence electrons. The number of nitrogens with zero attached hydrogens (tertiary/aromatic N) is 2. The van der Waals surface area contributed by atoms with Gasteiger partial charge in [-0.3, -0.25) is 9.48 Å². The number of anilines is 1. The van der Waals surface area contributed by atoms with E-state index < -0.39 is 0 Å². The molecule has 2 aromatic heterocycles. The maximum Gasteiger partial charge on any atom is 0.263 e. The summed E-state index contributed by atoms with van der Waals surface area (Å²) in [6, 6.07) is 0.289. The highest BCUT2D eigenvalue weighted by Crippen LogP contribution is 2.35. The molecule has 1 aliphatic rings. The van der Waals surface area contributed by atoms with Gasteiger partial charge in [0.15, 0.2) is 0 Å². The molecule has 6 heteroatoms. The van der Waals surface area contributed by atoms with E-state index in [1.54, 1.807) is 4.68 Å². The molecule has 0 bridgehead atoms. The van der Waals surface area contributed by atoms with Crippen LogP contribution in [0.1, 0.15) is 48.0 Å². The quantitative estimate of drug-likeness (QED) is 0.896. The molecule has 0 saturated heterocycles. The number of hydrogen-bond acceptors (Lipinski definition) is 4. The number of nitrogens with one attached hydrogen (secondary N) is 1. The second-order valence-corrected chi connectivity index (χ2v) is 7.16. The molecule has 1 fully saturated rings. The zero-order valence-corrected chi connectivity index (χ0v) is 13.6. The molecule has 5 nitrogen and oxygen atoms in total. The summed E-state index contributed by atoms with van der Waals surface area (Å²) >= 11 is 1.43. The van der Waals surface area contributed by atoms with E-state index in [9.17, 15) is 4.79 Å². The number of fused-ring (bicyclic) bond motifs is 1. The minimum Gasteiger partial charge on any atom is -0.397 e. The summed E-state index contributed by atoms with van der Waals surface area (Å²) in [6.07, 6.45) is 4.52. The number of carbonyl (C=O) groups is 1. The fraction of sp³-hybridized carbons (Fsp3) is 0.600. The summed E-state index contributed by atoms with van der Waals surface area (Å²) in [7, 11) is 1.88. The van der Waals surface area contributed by atoms with Crippen molar-refractivity contribution in [2.45, 2.75) is 45.6 Å². The van der Waals surface area contributed by atoms with Gasteiger partial charge in [-0.2, -0.15) is 5.10 Å². The Morgan fingerprint density at radius 3 is 2.67 bits per heavy atom. The summed E-state index contributed by atoms with van der Waals surface area (Å²) < 4.78 is 1.80. The molecule has 1 amide bonds. The number of hydrogen-bond donors (Lipinski definition) is 2. The summed E-state index contributed by atoms with van der Waals surface area (Å²) in [4.78, 5) is 14.1. The Hall–Kier alpha value is -1.56. The van der Waals surface area contributed by atoms with Gasteiger partial charge in [0.1, 0.15) is 9.71 Å². The minimum absolute atomic E-state index is 0.0346. The van der Waals surface area contributed by atoms with Crippen molar-refractivity contribution >= 4 is 33.1 Å². The van der Waals surface area contributed by atoms with E-state index in [4.69, 9.17) is 5.73 Å². The van der Waals surface area contributed by atoms with Crippen LogP contribution in [0.15, 0.2) is 0 Å². The van der Waals surface area contributed by atoms with Crippen LogP contribution in [-0.4, -0.2) is 21.7 Å². The molecule has 1 saturated carbocycles. The fourth-order valence-electron chi connectivity index (χ4n) is 3.15. The molecule has 2 aromatic rings. The molecule has 0 radical (unpaired) electrons. The number of thiophene rings is 1. The molecule has 0 atom stereocenters. The van der Waals surface area contributed by atoms with Gasteiger partial charge in [0, 0.05) is 13.1 Å². The molecule has 2 heterocycles. The molecule has 0 spiro atoms. The lowest BCUT2D eigenvalue weighted by Crippen LogP contribution is -2.37. The van der Waals surface area contributed by atoms with Crippen LogP contribution in [0.2, 0.25) is 0 Å². The van der Waals surface area contributed by atoms with E-state index in [-0.39, 0.29) is 11.9 Å².